The summed E-state index contributed by atoms with van der Waals surface area (Å²) in [5.74, 6) is -1.96. The molecule has 8 atom stereocenters. The van der Waals surface area contributed by atoms with E-state index in [1.54, 1.807) is 13.0 Å². The van der Waals surface area contributed by atoms with Crippen molar-refractivity contribution in [3.05, 3.63) is 23.0 Å². The van der Waals surface area contributed by atoms with Crippen molar-refractivity contribution >= 4 is 11.8 Å². The molecule has 3 saturated carbocycles. The smallest absolute Gasteiger partial charge is 0.312 e. The van der Waals surface area contributed by atoms with Gasteiger partial charge in [0.15, 0.2) is 5.78 Å². The van der Waals surface area contributed by atoms with Crippen molar-refractivity contribution in [2.45, 2.75) is 104 Å². The van der Waals surface area contributed by atoms with Gasteiger partial charge in [0.25, 0.3) is 0 Å². The molecule has 38 heavy (non-hydrogen) atoms. The molecule has 0 saturated heterocycles. The molecule has 0 heterocycles. The Balaban J connectivity index is 1.73. The van der Waals surface area contributed by atoms with Gasteiger partial charge < -0.3 is 20.1 Å². The zero-order valence-electron chi connectivity index (χ0n) is 23.9. The number of aliphatic hydroxyl groups is 3. The fourth-order valence-corrected chi connectivity index (χ4v) is 10.1. The molecule has 0 radical (unpaired) electrons. The molecule has 5 aliphatic carbocycles. The average molecular weight is 526 g/mol. The van der Waals surface area contributed by atoms with Crippen LogP contribution in [0.25, 0.3) is 0 Å². The second kappa shape index (κ2) is 7.73. The topological polar surface area (TPSA) is 128 Å². The van der Waals surface area contributed by atoms with Crippen LogP contribution in [0.4, 0.5) is 0 Å². The monoisotopic (exact) mass is 525 g/mol. The minimum atomic E-state index is -1.76. The summed E-state index contributed by atoms with van der Waals surface area (Å²) in [4.78, 5) is 27.8. The fourth-order valence-electron chi connectivity index (χ4n) is 10.1. The zero-order valence-corrected chi connectivity index (χ0v) is 23.9. The van der Waals surface area contributed by atoms with Crippen LogP contribution in [0.5, 0.6) is 0 Å². The summed E-state index contributed by atoms with van der Waals surface area (Å²) in [5.41, 5.74) is -5.66. The van der Waals surface area contributed by atoms with Crippen molar-refractivity contribution in [2.75, 3.05) is 7.11 Å². The summed E-state index contributed by atoms with van der Waals surface area (Å²) in [6.07, 6.45) is 5.96. The number of ether oxygens (including phenoxy) is 1. The number of methoxy groups -OCH3 is 1. The molecule has 3 fully saturated rings. The second-order valence-electron chi connectivity index (χ2n) is 14.7. The van der Waals surface area contributed by atoms with Crippen molar-refractivity contribution in [3.8, 4) is 6.07 Å². The van der Waals surface area contributed by atoms with Crippen LogP contribution >= 0.6 is 0 Å². The molecule has 5 aliphatic rings. The molecule has 0 unspecified atom stereocenters. The first-order chi connectivity index (χ1) is 17.4. The summed E-state index contributed by atoms with van der Waals surface area (Å²) >= 11 is 0. The molecule has 0 amide bonds. The first kappa shape index (κ1) is 27.4. The molecular weight excluding hydrogens is 482 g/mol. The molecule has 0 aromatic carbocycles. The van der Waals surface area contributed by atoms with Crippen LogP contribution in [-0.2, 0) is 14.3 Å². The van der Waals surface area contributed by atoms with Crippen LogP contribution in [-0.4, -0.2) is 45.4 Å². The van der Waals surface area contributed by atoms with Crippen LogP contribution in [0.1, 0.15) is 92.9 Å². The summed E-state index contributed by atoms with van der Waals surface area (Å²) in [5, 5.41) is 44.9. The van der Waals surface area contributed by atoms with E-state index in [9.17, 15) is 30.2 Å². The van der Waals surface area contributed by atoms with E-state index < -0.39 is 38.8 Å². The molecule has 7 nitrogen and oxygen atoms in total. The van der Waals surface area contributed by atoms with Gasteiger partial charge in [0, 0.05) is 22.7 Å². The molecule has 5 rings (SSSR count). The van der Waals surface area contributed by atoms with Crippen molar-refractivity contribution < 1.29 is 29.6 Å². The Bertz CT molecular complexity index is 1220. The molecular formula is C31H43NO6. The number of carbonyl (C=O) groups is 2. The van der Waals surface area contributed by atoms with Gasteiger partial charge in [-0.3, -0.25) is 9.59 Å². The summed E-state index contributed by atoms with van der Waals surface area (Å²) in [6.45, 7) is 12.0. The number of hydrogen-bond donors (Lipinski definition) is 3. The lowest BCUT2D eigenvalue weighted by Crippen LogP contribution is -2.75. The van der Waals surface area contributed by atoms with Gasteiger partial charge in [-0.15, -0.1) is 0 Å². The average Bonchev–Trinajstić information content (AvgIpc) is 2.85. The van der Waals surface area contributed by atoms with Gasteiger partial charge in [0.05, 0.1) is 24.2 Å². The Labute approximate surface area is 225 Å². The largest absolute Gasteiger partial charge is 0.508 e. The van der Waals surface area contributed by atoms with Crippen LogP contribution < -0.4 is 0 Å². The van der Waals surface area contributed by atoms with Crippen LogP contribution in [0.15, 0.2) is 23.0 Å². The highest BCUT2D eigenvalue weighted by atomic mass is 16.5. The Kier molecular flexibility index (Phi) is 5.57. The fraction of sp³-hybridized carbons (Fsp3) is 0.774. The van der Waals surface area contributed by atoms with E-state index in [1.165, 1.54) is 7.11 Å². The van der Waals surface area contributed by atoms with Crippen molar-refractivity contribution in [2.24, 2.45) is 38.9 Å². The second-order valence-corrected chi connectivity index (χ2v) is 14.7. The van der Waals surface area contributed by atoms with E-state index in [-0.39, 0.29) is 40.8 Å². The lowest BCUT2D eigenvalue weighted by atomic mass is 9.33. The predicted octanol–water partition coefficient (Wildman–Crippen LogP) is 4.93. The van der Waals surface area contributed by atoms with E-state index in [0.717, 1.165) is 12.0 Å². The van der Waals surface area contributed by atoms with E-state index in [0.29, 0.717) is 38.5 Å². The standard InChI is InChI=1S/C31H43NO6/c1-25(2)10-12-30(24(35)38-7)13-11-28(5)27(4)9-8-19-26(3,15-18(17-32)23(34)29(19,6)36)20(27)14-22(33)31(28,37)21(30)16-25/h14,19,21,34,36-37H,8-13,15-16H2,1-7H3/t19-,21-,26+,27-,28+,29+,30+,31-/m1/s1. The molecule has 0 aromatic rings. The van der Waals surface area contributed by atoms with Crippen LogP contribution in [0.3, 0.4) is 0 Å². The summed E-state index contributed by atoms with van der Waals surface area (Å²) < 4.78 is 5.32. The van der Waals surface area contributed by atoms with E-state index in [4.69, 9.17) is 4.74 Å². The molecule has 3 N–H and O–H groups in total. The third-order valence-corrected chi connectivity index (χ3v) is 12.6. The lowest BCUT2D eigenvalue weighted by Gasteiger charge is -2.71. The first-order valence-corrected chi connectivity index (χ1v) is 14.0. The number of ketones is 1. The van der Waals surface area contributed by atoms with E-state index in [2.05, 4.69) is 26.8 Å². The summed E-state index contributed by atoms with van der Waals surface area (Å²) in [7, 11) is 1.39. The molecule has 0 aliphatic heterocycles. The maximum atomic E-state index is 14.4. The number of carbonyl (C=O) groups excluding carboxylic acids is 2. The maximum absolute atomic E-state index is 14.4. The quantitative estimate of drug-likeness (QED) is 0.414. The predicted molar refractivity (Wildman–Crippen MR) is 140 cm³/mol. The van der Waals surface area contributed by atoms with E-state index >= 15 is 0 Å². The Hall–Kier alpha value is -2.17. The van der Waals surface area contributed by atoms with Crippen LogP contribution in [0.2, 0.25) is 0 Å². The van der Waals surface area contributed by atoms with Gasteiger partial charge in [-0.2, -0.15) is 5.26 Å². The number of allylic oxidation sites excluding steroid dienone is 2. The number of hydrogen-bond acceptors (Lipinski definition) is 7. The third-order valence-electron chi connectivity index (χ3n) is 12.6. The van der Waals surface area contributed by atoms with Gasteiger partial charge in [0.1, 0.15) is 17.0 Å². The highest BCUT2D eigenvalue weighted by molar-refractivity contribution is 6.01. The molecule has 0 aromatic heterocycles. The Morgan fingerprint density at radius 2 is 1.66 bits per heavy atom. The summed E-state index contributed by atoms with van der Waals surface area (Å²) in [6, 6.07) is 2.09. The van der Waals surface area contributed by atoms with Gasteiger partial charge in [-0.1, -0.05) is 40.2 Å². The Morgan fingerprint density at radius 1 is 1.03 bits per heavy atom. The van der Waals surface area contributed by atoms with Gasteiger partial charge in [0.2, 0.25) is 0 Å². The van der Waals surface area contributed by atoms with Gasteiger partial charge >= 0.3 is 5.97 Å². The highest BCUT2D eigenvalue weighted by Gasteiger charge is 2.77. The maximum Gasteiger partial charge on any atom is 0.312 e. The van der Waals surface area contributed by atoms with Crippen molar-refractivity contribution in [1.82, 2.24) is 0 Å². The van der Waals surface area contributed by atoms with Crippen LogP contribution in [0, 0.1) is 50.2 Å². The van der Waals surface area contributed by atoms with Gasteiger partial charge in [-0.25, -0.2) is 0 Å². The number of rotatable bonds is 1. The molecule has 0 bridgehead atoms. The number of fused-ring (bicyclic) bond motifs is 7. The molecule has 7 heteroatoms. The number of nitrogens with zero attached hydrogens (tertiary/aromatic N) is 1. The number of esters is 1. The molecule has 0 spiro atoms. The van der Waals surface area contributed by atoms with Crippen molar-refractivity contribution in [3.63, 3.8) is 0 Å². The Morgan fingerprint density at radius 3 is 2.26 bits per heavy atom. The number of nitriles is 1. The normalized spacial score (nSPS) is 49.5. The minimum absolute atomic E-state index is 0.139. The minimum Gasteiger partial charge on any atom is -0.508 e. The lowest BCUT2D eigenvalue weighted by molar-refractivity contribution is -0.250. The van der Waals surface area contributed by atoms with Gasteiger partial charge in [-0.05, 0) is 75.2 Å². The van der Waals surface area contributed by atoms with Crippen molar-refractivity contribution in [1.29, 1.82) is 5.26 Å². The molecule has 208 valence electrons. The highest BCUT2D eigenvalue weighted by Crippen LogP contribution is 2.75. The van der Waals surface area contributed by atoms with E-state index in [1.807, 2.05) is 13.8 Å². The number of aliphatic hydroxyl groups excluding tert-OH is 1. The first-order valence-electron chi connectivity index (χ1n) is 14.0. The SMILES string of the molecule is COC(=O)[C@]12CCC(C)(C)C[C@H]1[C@@]1(O)C(=O)C=C3[C@@]4(C)CC(C#N)=C(O)[C@@](C)(O)[C@@H]4CC[C@@]3(C)[C@]1(C)CC2. The third kappa shape index (κ3) is 2.92. The zero-order chi connectivity index (χ0) is 28.3.